The van der Waals surface area contributed by atoms with Gasteiger partial charge in [-0.2, -0.15) is 0 Å². The van der Waals surface area contributed by atoms with Crippen molar-refractivity contribution >= 4 is 21.4 Å². The van der Waals surface area contributed by atoms with E-state index < -0.39 is 10.0 Å². The highest BCUT2D eigenvalue weighted by Crippen LogP contribution is 2.17. The predicted molar refractivity (Wildman–Crippen MR) is 70.6 cm³/mol. The van der Waals surface area contributed by atoms with E-state index in [1.54, 1.807) is 24.4 Å². The largest absolute Gasteiger partial charge is 0.399 e. The molecule has 0 atom stereocenters. The van der Waals surface area contributed by atoms with E-state index in [0.29, 0.717) is 11.4 Å². The van der Waals surface area contributed by atoms with Crippen LogP contribution >= 0.6 is 0 Å². The van der Waals surface area contributed by atoms with Crippen molar-refractivity contribution in [3.8, 4) is 0 Å². The number of aryl methyl sites for hydroxylation is 1. The van der Waals surface area contributed by atoms with Gasteiger partial charge in [-0.3, -0.25) is 9.71 Å². The zero-order valence-corrected chi connectivity index (χ0v) is 10.6. The molecule has 1 heterocycles. The van der Waals surface area contributed by atoms with E-state index in [1.165, 1.54) is 18.3 Å². The zero-order valence-electron chi connectivity index (χ0n) is 9.79. The van der Waals surface area contributed by atoms with Crippen molar-refractivity contribution in [2.45, 2.75) is 11.8 Å². The highest BCUT2D eigenvalue weighted by Gasteiger charge is 2.14. The molecular formula is C12H13N3O2S. The molecule has 0 aliphatic rings. The minimum absolute atomic E-state index is 0.129. The molecule has 1 aromatic carbocycles. The van der Waals surface area contributed by atoms with Crippen molar-refractivity contribution in [2.24, 2.45) is 0 Å². The van der Waals surface area contributed by atoms with Gasteiger partial charge in [0.05, 0.1) is 16.8 Å². The van der Waals surface area contributed by atoms with Crippen LogP contribution in [-0.4, -0.2) is 13.4 Å². The third-order valence-corrected chi connectivity index (χ3v) is 3.67. The Kier molecular flexibility index (Phi) is 3.20. The van der Waals surface area contributed by atoms with Gasteiger partial charge >= 0.3 is 0 Å². The van der Waals surface area contributed by atoms with Crippen molar-refractivity contribution in [1.82, 2.24) is 4.98 Å². The normalized spacial score (nSPS) is 11.2. The number of aromatic nitrogens is 1. The molecule has 0 saturated carbocycles. The number of nitrogens with one attached hydrogen (secondary N) is 1. The van der Waals surface area contributed by atoms with Gasteiger partial charge in [-0.25, -0.2) is 8.42 Å². The molecule has 18 heavy (non-hydrogen) atoms. The van der Waals surface area contributed by atoms with Gasteiger partial charge in [0.15, 0.2) is 0 Å². The van der Waals surface area contributed by atoms with Gasteiger partial charge in [0, 0.05) is 11.9 Å². The summed E-state index contributed by atoms with van der Waals surface area (Å²) in [6.45, 7) is 1.84. The summed E-state index contributed by atoms with van der Waals surface area (Å²) >= 11 is 0. The van der Waals surface area contributed by atoms with Crippen molar-refractivity contribution in [3.05, 3.63) is 48.3 Å². The van der Waals surface area contributed by atoms with Crippen molar-refractivity contribution < 1.29 is 8.42 Å². The quantitative estimate of drug-likeness (QED) is 0.826. The highest BCUT2D eigenvalue weighted by molar-refractivity contribution is 7.92. The van der Waals surface area contributed by atoms with E-state index in [4.69, 9.17) is 5.73 Å². The van der Waals surface area contributed by atoms with E-state index in [1.807, 2.05) is 6.92 Å². The van der Waals surface area contributed by atoms with Crippen LogP contribution in [0.4, 0.5) is 11.4 Å². The lowest BCUT2D eigenvalue weighted by atomic mass is 10.3. The van der Waals surface area contributed by atoms with Gasteiger partial charge in [-0.1, -0.05) is 6.07 Å². The molecule has 5 nitrogen and oxygen atoms in total. The smallest absolute Gasteiger partial charge is 0.262 e. The molecule has 1 aromatic heterocycles. The Morgan fingerprint density at radius 2 is 2.00 bits per heavy atom. The standard InChI is InChI=1S/C12H13N3O2S/c1-9-5-11(8-14-7-9)15-18(16,17)12-4-2-3-10(13)6-12/h2-8,15H,13H2,1H3. The highest BCUT2D eigenvalue weighted by atomic mass is 32.2. The summed E-state index contributed by atoms with van der Waals surface area (Å²) in [5, 5.41) is 0. The van der Waals surface area contributed by atoms with Gasteiger partial charge in [0.25, 0.3) is 10.0 Å². The first kappa shape index (κ1) is 12.4. The van der Waals surface area contributed by atoms with Crippen molar-refractivity contribution in [3.63, 3.8) is 0 Å². The second-order valence-electron chi connectivity index (χ2n) is 3.93. The first-order chi connectivity index (χ1) is 8.47. The SMILES string of the molecule is Cc1cncc(NS(=O)(=O)c2cccc(N)c2)c1. The number of benzene rings is 1. The molecule has 0 unspecified atom stereocenters. The molecule has 6 heteroatoms. The second kappa shape index (κ2) is 4.66. The molecule has 0 spiro atoms. The number of sulfonamides is 1. The molecule has 0 fully saturated rings. The maximum Gasteiger partial charge on any atom is 0.262 e. The average molecular weight is 263 g/mol. The summed E-state index contributed by atoms with van der Waals surface area (Å²) in [6, 6.07) is 7.83. The van der Waals surface area contributed by atoms with Crippen LogP contribution in [0, 0.1) is 6.92 Å². The molecular weight excluding hydrogens is 250 g/mol. The lowest BCUT2D eigenvalue weighted by Gasteiger charge is -2.08. The van der Waals surface area contributed by atoms with Gasteiger partial charge in [0.2, 0.25) is 0 Å². The van der Waals surface area contributed by atoms with Gasteiger partial charge in [-0.05, 0) is 36.8 Å². The Bertz CT molecular complexity index is 669. The van der Waals surface area contributed by atoms with E-state index in [9.17, 15) is 8.42 Å². The molecule has 2 rings (SSSR count). The van der Waals surface area contributed by atoms with Crippen molar-refractivity contribution in [2.75, 3.05) is 10.5 Å². The number of rotatable bonds is 3. The summed E-state index contributed by atoms with van der Waals surface area (Å²) in [6.07, 6.45) is 3.11. The van der Waals surface area contributed by atoms with Crippen molar-refractivity contribution in [1.29, 1.82) is 0 Å². The van der Waals surface area contributed by atoms with E-state index in [0.717, 1.165) is 5.56 Å². The van der Waals surface area contributed by atoms with Crippen LogP contribution in [0.2, 0.25) is 0 Å². The van der Waals surface area contributed by atoms with Crippen LogP contribution in [-0.2, 0) is 10.0 Å². The predicted octanol–water partition coefficient (Wildman–Crippen LogP) is 1.77. The molecule has 0 bridgehead atoms. The fraction of sp³-hybridized carbons (Fsp3) is 0.0833. The summed E-state index contributed by atoms with van der Waals surface area (Å²) < 4.78 is 26.6. The molecule has 3 N–H and O–H groups in total. The molecule has 0 aliphatic heterocycles. The Hall–Kier alpha value is -2.08. The first-order valence-corrected chi connectivity index (χ1v) is 6.76. The minimum atomic E-state index is -3.62. The van der Waals surface area contributed by atoms with Crippen LogP contribution in [0.25, 0.3) is 0 Å². The Labute approximate surface area is 106 Å². The summed E-state index contributed by atoms with van der Waals surface area (Å²) in [4.78, 5) is 4.06. The molecule has 94 valence electrons. The van der Waals surface area contributed by atoms with Crippen LogP contribution in [0.5, 0.6) is 0 Å². The molecule has 0 saturated heterocycles. The fourth-order valence-electron chi connectivity index (χ4n) is 1.51. The van der Waals surface area contributed by atoms with Gasteiger partial charge in [0.1, 0.15) is 0 Å². The Morgan fingerprint density at radius 3 is 2.67 bits per heavy atom. The molecule has 0 radical (unpaired) electrons. The topological polar surface area (TPSA) is 85.1 Å². The fourth-order valence-corrected chi connectivity index (χ4v) is 2.60. The lowest BCUT2D eigenvalue weighted by Crippen LogP contribution is -2.13. The number of nitrogen functional groups attached to an aromatic ring is 1. The number of nitrogens with two attached hydrogens (primary N) is 1. The second-order valence-corrected chi connectivity index (χ2v) is 5.61. The number of pyridine rings is 1. The van der Waals surface area contributed by atoms with E-state index in [-0.39, 0.29) is 4.90 Å². The lowest BCUT2D eigenvalue weighted by molar-refractivity contribution is 0.601. The maximum atomic E-state index is 12.1. The molecule has 0 aliphatic carbocycles. The van der Waals surface area contributed by atoms with E-state index >= 15 is 0 Å². The molecule has 2 aromatic rings. The van der Waals surface area contributed by atoms with Crippen LogP contribution < -0.4 is 10.5 Å². The van der Waals surface area contributed by atoms with Crippen LogP contribution in [0.3, 0.4) is 0 Å². The number of hydrogen-bond donors (Lipinski definition) is 2. The Balaban J connectivity index is 2.33. The average Bonchev–Trinajstić information content (AvgIpc) is 2.28. The summed E-state index contributed by atoms with van der Waals surface area (Å²) in [5.41, 5.74) is 7.28. The van der Waals surface area contributed by atoms with Crippen LogP contribution in [0.15, 0.2) is 47.6 Å². The monoisotopic (exact) mass is 263 g/mol. The zero-order chi connectivity index (χ0) is 13.2. The Morgan fingerprint density at radius 1 is 1.22 bits per heavy atom. The molecule has 0 amide bonds. The third kappa shape index (κ3) is 2.78. The number of anilines is 2. The van der Waals surface area contributed by atoms with E-state index in [2.05, 4.69) is 9.71 Å². The number of hydrogen-bond acceptors (Lipinski definition) is 4. The van der Waals surface area contributed by atoms with Gasteiger partial charge in [-0.15, -0.1) is 0 Å². The number of nitrogens with zero attached hydrogens (tertiary/aromatic N) is 1. The maximum absolute atomic E-state index is 12.1. The summed E-state index contributed by atoms with van der Waals surface area (Å²) in [7, 11) is -3.62. The van der Waals surface area contributed by atoms with Crippen LogP contribution in [0.1, 0.15) is 5.56 Å². The van der Waals surface area contributed by atoms with Gasteiger partial charge < -0.3 is 5.73 Å². The minimum Gasteiger partial charge on any atom is -0.399 e. The first-order valence-electron chi connectivity index (χ1n) is 5.27. The summed E-state index contributed by atoms with van der Waals surface area (Å²) in [5.74, 6) is 0. The third-order valence-electron chi connectivity index (χ3n) is 2.30.